The first-order valence-corrected chi connectivity index (χ1v) is 6.93. The molecule has 1 atom stereocenters. The highest BCUT2D eigenvalue weighted by atomic mass is 16.5. The lowest BCUT2D eigenvalue weighted by Gasteiger charge is -2.13. The highest BCUT2D eigenvalue weighted by molar-refractivity contribution is 5.87. The summed E-state index contributed by atoms with van der Waals surface area (Å²) in [6.07, 6.45) is 3.55. The van der Waals surface area contributed by atoms with Crippen LogP contribution in [-0.2, 0) is 4.79 Å². The normalized spacial score (nSPS) is 12.6. The van der Waals surface area contributed by atoms with Crippen LogP contribution in [0.4, 0.5) is 0 Å². The topological polar surface area (TPSA) is 31.2 Å². The molecule has 1 unspecified atom stereocenters. The molecule has 1 aromatic carbocycles. The summed E-state index contributed by atoms with van der Waals surface area (Å²) >= 11 is 0. The fourth-order valence-electron chi connectivity index (χ4n) is 2.24. The Morgan fingerprint density at radius 2 is 2.11 bits per heavy atom. The summed E-state index contributed by atoms with van der Waals surface area (Å²) in [6.45, 7) is 6.68. The summed E-state index contributed by atoms with van der Waals surface area (Å²) in [5.74, 6) is 1.14. The number of Topliss-reactive ketones (excluding diaryl/α,β-unsaturated/α-hetero) is 1. The Morgan fingerprint density at radius 3 is 2.79 bits per heavy atom. The predicted octanol–water partition coefficient (Wildman–Crippen LogP) is 3.97. The van der Waals surface area contributed by atoms with Crippen LogP contribution in [0.1, 0.15) is 39.7 Å². The molecule has 2 aromatic rings. The van der Waals surface area contributed by atoms with E-state index in [2.05, 4.69) is 6.92 Å². The van der Waals surface area contributed by atoms with Crippen molar-refractivity contribution in [2.24, 2.45) is 0 Å². The monoisotopic (exact) mass is 259 g/mol. The minimum atomic E-state index is -0.107. The van der Waals surface area contributed by atoms with Crippen molar-refractivity contribution >= 4 is 16.7 Å². The van der Waals surface area contributed by atoms with Gasteiger partial charge in [0.05, 0.1) is 12.6 Å². The average Bonchev–Trinajstić information content (AvgIpc) is 2.86. The summed E-state index contributed by atoms with van der Waals surface area (Å²) in [5, 5.41) is 1.12. The number of aromatic nitrogens is 1. The molecule has 0 amide bonds. The van der Waals surface area contributed by atoms with Crippen molar-refractivity contribution in [3.05, 3.63) is 30.5 Å². The van der Waals surface area contributed by atoms with E-state index in [1.807, 2.05) is 48.9 Å². The molecule has 0 spiro atoms. The van der Waals surface area contributed by atoms with Gasteiger partial charge in [-0.25, -0.2) is 0 Å². The molecular weight excluding hydrogens is 238 g/mol. The van der Waals surface area contributed by atoms with Gasteiger partial charge in [-0.1, -0.05) is 13.8 Å². The Balaban J connectivity index is 2.31. The van der Waals surface area contributed by atoms with Crippen molar-refractivity contribution in [2.75, 3.05) is 6.61 Å². The second kappa shape index (κ2) is 5.91. The number of nitrogens with zero attached hydrogens (tertiary/aromatic N) is 1. The first-order chi connectivity index (χ1) is 9.17. The van der Waals surface area contributed by atoms with Gasteiger partial charge in [0.1, 0.15) is 5.75 Å². The number of benzene rings is 1. The number of ketones is 1. The van der Waals surface area contributed by atoms with Gasteiger partial charge < -0.3 is 9.30 Å². The lowest BCUT2D eigenvalue weighted by atomic mass is 10.1. The van der Waals surface area contributed by atoms with E-state index in [-0.39, 0.29) is 11.8 Å². The van der Waals surface area contributed by atoms with E-state index in [0.29, 0.717) is 6.42 Å². The number of carbonyl (C=O) groups is 1. The minimum Gasteiger partial charge on any atom is -0.494 e. The van der Waals surface area contributed by atoms with Gasteiger partial charge in [-0.3, -0.25) is 4.79 Å². The summed E-state index contributed by atoms with van der Waals surface area (Å²) in [7, 11) is 0. The summed E-state index contributed by atoms with van der Waals surface area (Å²) in [5.41, 5.74) is 1.08. The average molecular weight is 259 g/mol. The molecule has 0 radical (unpaired) electrons. The molecular formula is C16H21NO2. The number of hydrogen-bond donors (Lipinski definition) is 0. The van der Waals surface area contributed by atoms with E-state index in [9.17, 15) is 4.79 Å². The third-order valence-electron chi connectivity index (χ3n) is 3.40. The third-order valence-corrected chi connectivity index (χ3v) is 3.40. The van der Waals surface area contributed by atoms with Gasteiger partial charge in [-0.05, 0) is 37.6 Å². The molecule has 0 fully saturated rings. The Hall–Kier alpha value is -1.77. The van der Waals surface area contributed by atoms with Crippen LogP contribution in [0.5, 0.6) is 5.75 Å². The number of hydrogen-bond acceptors (Lipinski definition) is 2. The standard InChI is InChI=1S/C16H21NO2/c1-4-10-19-14-6-7-15-13(11-14)8-9-17(15)12(3)16(18)5-2/h6-9,11-12H,4-5,10H2,1-3H3. The van der Waals surface area contributed by atoms with Crippen molar-refractivity contribution in [1.82, 2.24) is 4.57 Å². The smallest absolute Gasteiger partial charge is 0.155 e. The highest BCUT2D eigenvalue weighted by Crippen LogP contribution is 2.25. The van der Waals surface area contributed by atoms with Gasteiger partial charge in [-0.15, -0.1) is 0 Å². The second-order valence-electron chi connectivity index (χ2n) is 4.79. The zero-order valence-electron chi connectivity index (χ0n) is 11.8. The zero-order valence-corrected chi connectivity index (χ0v) is 11.8. The van der Waals surface area contributed by atoms with Crippen LogP contribution in [0, 0.1) is 0 Å². The van der Waals surface area contributed by atoms with Crippen molar-refractivity contribution in [1.29, 1.82) is 0 Å². The van der Waals surface area contributed by atoms with Crippen molar-refractivity contribution < 1.29 is 9.53 Å². The molecule has 0 aliphatic rings. The Kier molecular flexibility index (Phi) is 4.25. The molecule has 0 saturated heterocycles. The number of rotatable bonds is 6. The molecule has 0 bridgehead atoms. The maximum absolute atomic E-state index is 11.8. The van der Waals surface area contributed by atoms with Gasteiger partial charge in [0.25, 0.3) is 0 Å². The van der Waals surface area contributed by atoms with Gasteiger partial charge in [-0.2, -0.15) is 0 Å². The first-order valence-electron chi connectivity index (χ1n) is 6.93. The molecule has 1 heterocycles. The van der Waals surface area contributed by atoms with Crippen LogP contribution >= 0.6 is 0 Å². The van der Waals surface area contributed by atoms with Crippen LogP contribution in [-0.4, -0.2) is 17.0 Å². The third kappa shape index (κ3) is 2.80. The zero-order chi connectivity index (χ0) is 13.8. The van der Waals surface area contributed by atoms with Crippen LogP contribution in [0.25, 0.3) is 10.9 Å². The van der Waals surface area contributed by atoms with Crippen molar-refractivity contribution in [2.45, 2.75) is 39.7 Å². The molecule has 0 N–H and O–H groups in total. The molecule has 102 valence electrons. The molecule has 1 aromatic heterocycles. The molecule has 0 aliphatic heterocycles. The maximum Gasteiger partial charge on any atom is 0.155 e. The first kappa shape index (κ1) is 13.7. The molecule has 0 saturated carbocycles. The Bertz CT molecular complexity index is 571. The fourth-order valence-corrected chi connectivity index (χ4v) is 2.24. The summed E-state index contributed by atoms with van der Waals surface area (Å²) < 4.78 is 7.66. The van der Waals surface area contributed by atoms with Crippen LogP contribution in [0.2, 0.25) is 0 Å². The number of fused-ring (bicyclic) bond motifs is 1. The lowest BCUT2D eigenvalue weighted by molar-refractivity contribution is -0.121. The van der Waals surface area contributed by atoms with Crippen LogP contribution in [0.3, 0.4) is 0 Å². The summed E-state index contributed by atoms with van der Waals surface area (Å²) in [6, 6.07) is 7.96. The van der Waals surface area contributed by atoms with E-state index >= 15 is 0 Å². The predicted molar refractivity (Wildman–Crippen MR) is 77.7 cm³/mol. The Labute approximate surface area is 114 Å². The number of ether oxygens (including phenoxy) is 1. The molecule has 3 nitrogen and oxygen atoms in total. The van der Waals surface area contributed by atoms with Crippen molar-refractivity contribution in [3.8, 4) is 5.75 Å². The molecule has 19 heavy (non-hydrogen) atoms. The van der Waals surface area contributed by atoms with E-state index in [0.717, 1.165) is 29.7 Å². The van der Waals surface area contributed by atoms with Crippen molar-refractivity contribution in [3.63, 3.8) is 0 Å². The minimum absolute atomic E-state index is 0.107. The van der Waals surface area contributed by atoms with Gasteiger partial charge >= 0.3 is 0 Å². The van der Waals surface area contributed by atoms with E-state index in [1.54, 1.807) is 0 Å². The van der Waals surface area contributed by atoms with E-state index in [1.165, 1.54) is 0 Å². The second-order valence-corrected chi connectivity index (χ2v) is 4.79. The molecule has 2 rings (SSSR count). The Morgan fingerprint density at radius 1 is 1.32 bits per heavy atom. The lowest BCUT2D eigenvalue weighted by Crippen LogP contribution is -2.14. The number of carbonyl (C=O) groups excluding carboxylic acids is 1. The maximum atomic E-state index is 11.8. The van der Waals surface area contributed by atoms with Gasteiger partial charge in [0.2, 0.25) is 0 Å². The van der Waals surface area contributed by atoms with Crippen LogP contribution < -0.4 is 4.74 Å². The molecule has 0 aliphatic carbocycles. The highest BCUT2D eigenvalue weighted by Gasteiger charge is 2.14. The van der Waals surface area contributed by atoms with Gasteiger partial charge in [0, 0.05) is 23.5 Å². The largest absolute Gasteiger partial charge is 0.494 e. The summed E-state index contributed by atoms with van der Waals surface area (Å²) in [4.78, 5) is 11.8. The SMILES string of the molecule is CCCOc1ccc2c(ccn2C(C)C(=O)CC)c1. The van der Waals surface area contributed by atoms with E-state index < -0.39 is 0 Å². The van der Waals surface area contributed by atoms with Crippen LogP contribution in [0.15, 0.2) is 30.5 Å². The molecule has 3 heteroatoms. The van der Waals surface area contributed by atoms with Gasteiger partial charge in [0.15, 0.2) is 5.78 Å². The van der Waals surface area contributed by atoms with E-state index in [4.69, 9.17) is 4.74 Å². The fraction of sp³-hybridized carbons (Fsp3) is 0.438. The quantitative estimate of drug-likeness (QED) is 0.786.